The van der Waals surface area contributed by atoms with Gasteiger partial charge in [0.15, 0.2) is 0 Å². The van der Waals surface area contributed by atoms with Crippen molar-refractivity contribution in [3.8, 4) is 5.75 Å². The van der Waals surface area contributed by atoms with Crippen LogP contribution in [-0.2, 0) is 26.2 Å². The Hall–Kier alpha value is -3.07. The third kappa shape index (κ3) is 7.96. The van der Waals surface area contributed by atoms with Gasteiger partial charge in [0.1, 0.15) is 11.8 Å². The molecule has 38 heavy (non-hydrogen) atoms. The largest absolute Gasteiger partial charge is 0.495 e. The third-order valence-electron chi connectivity index (χ3n) is 7.03. The van der Waals surface area contributed by atoms with Crippen LogP contribution in [0.1, 0.15) is 63.0 Å². The maximum absolute atomic E-state index is 13.6. The lowest BCUT2D eigenvalue weighted by Gasteiger charge is -2.32. The molecular formula is C29H41N3O5S. The number of ether oxygens (including phenoxy) is 1. The van der Waals surface area contributed by atoms with Crippen molar-refractivity contribution >= 4 is 27.5 Å². The summed E-state index contributed by atoms with van der Waals surface area (Å²) in [5, 5.41) is 3.16. The zero-order valence-corrected chi connectivity index (χ0v) is 23.8. The molecule has 0 heterocycles. The van der Waals surface area contributed by atoms with Gasteiger partial charge in [-0.3, -0.25) is 13.9 Å². The number of aryl methyl sites for hydroxylation is 1. The summed E-state index contributed by atoms with van der Waals surface area (Å²) in [4.78, 5) is 28.6. The zero-order chi connectivity index (χ0) is 27.7. The SMILES string of the molecule is CC[C@@H](C(=O)NC1CCCC1)N(Cc1cccc(C)c1)C(=O)CCCN(c1ccccc1OC)S(C)(=O)=O. The summed E-state index contributed by atoms with van der Waals surface area (Å²) in [6.07, 6.45) is 6.21. The van der Waals surface area contributed by atoms with E-state index in [2.05, 4.69) is 5.32 Å². The fraction of sp³-hybridized carbons (Fsp3) is 0.517. The fourth-order valence-electron chi connectivity index (χ4n) is 5.11. The van der Waals surface area contributed by atoms with Crippen LogP contribution in [-0.4, -0.2) is 57.1 Å². The predicted molar refractivity (Wildman–Crippen MR) is 151 cm³/mol. The van der Waals surface area contributed by atoms with E-state index in [-0.39, 0.29) is 30.8 Å². The maximum Gasteiger partial charge on any atom is 0.243 e. The van der Waals surface area contributed by atoms with Gasteiger partial charge in [-0.25, -0.2) is 8.42 Å². The van der Waals surface area contributed by atoms with Crippen LogP contribution in [0.2, 0.25) is 0 Å². The van der Waals surface area contributed by atoms with Crippen molar-refractivity contribution < 1.29 is 22.7 Å². The van der Waals surface area contributed by atoms with Gasteiger partial charge < -0.3 is 15.0 Å². The number of methoxy groups -OCH3 is 1. The van der Waals surface area contributed by atoms with Crippen molar-refractivity contribution in [3.05, 3.63) is 59.7 Å². The molecule has 2 amide bonds. The molecule has 8 nitrogen and oxygen atoms in total. The minimum atomic E-state index is -3.61. The Balaban J connectivity index is 1.77. The average molecular weight is 544 g/mol. The number of carbonyl (C=O) groups is 2. The topological polar surface area (TPSA) is 96.0 Å². The Morgan fingerprint density at radius 1 is 1.11 bits per heavy atom. The molecule has 0 unspecified atom stereocenters. The molecule has 0 radical (unpaired) electrons. The highest BCUT2D eigenvalue weighted by molar-refractivity contribution is 7.92. The summed E-state index contributed by atoms with van der Waals surface area (Å²) in [6.45, 7) is 4.35. The first-order valence-electron chi connectivity index (χ1n) is 13.4. The minimum absolute atomic E-state index is 0.111. The van der Waals surface area contributed by atoms with Crippen molar-refractivity contribution in [2.75, 3.05) is 24.2 Å². The molecule has 1 atom stereocenters. The molecule has 1 saturated carbocycles. The molecule has 1 fully saturated rings. The van der Waals surface area contributed by atoms with Gasteiger partial charge in [-0.15, -0.1) is 0 Å². The van der Waals surface area contributed by atoms with Crippen LogP contribution in [0, 0.1) is 6.92 Å². The monoisotopic (exact) mass is 543 g/mol. The van der Waals surface area contributed by atoms with E-state index in [4.69, 9.17) is 4.74 Å². The lowest BCUT2D eigenvalue weighted by Crippen LogP contribution is -2.51. The number of sulfonamides is 1. The number of carbonyl (C=O) groups excluding carboxylic acids is 2. The second-order valence-electron chi connectivity index (χ2n) is 10.0. The van der Waals surface area contributed by atoms with Crippen LogP contribution in [0.25, 0.3) is 0 Å². The quantitative estimate of drug-likeness (QED) is 0.404. The highest BCUT2D eigenvalue weighted by atomic mass is 32.2. The molecule has 0 saturated heterocycles. The number of hydrogen-bond donors (Lipinski definition) is 1. The normalized spacial score (nSPS) is 14.6. The lowest BCUT2D eigenvalue weighted by atomic mass is 10.1. The summed E-state index contributed by atoms with van der Waals surface area (Å²) in [5.74, 6) is 0.153. The van der Waals surface area contributed by atoms with Crippen molar-refractivity contribution in [1.82, 2.24) is 10.2 Å². The molecular weight excluding hydrogens is 502 g/mol. The molecule has 3 rings (SSSR count). The lowest BCUT2D eigenvalue weighted by molar-refractivity contribution is -0.141. The molecule has 1 aliphatic carbocycles. The number of anilines is 1. The van der Waals surface area contributed by atoms with Gasteiger partial charge in [-0.2, -0.15) is 0 Å². The van der Waals surface area contributed by atoms with Crippen molar-refractivity contribution in [1.29, 1.82) is 0 Å². The Bertz CT molecular complexity index is 1190. The Kier molecular flexibility index (Phi) is 10.6. The van der Waals surface area contributed by atoms with E-state index < -0.39 is 16.1 Å². The molecule has 1 aliphatic rings. The van der Waals surface area contributed by atoms with E-state index in [9.17, 15) is 18.0 Å². The molecule has 0 aliphatic heterocycles. The minimum Gasteiger partial charge on any atom is -0.495 e. The van der Waals surface area contributed by atoms with Crippen LogP contribution in [0.4, 0.5) is 5.69 Å². The first-order valence-corrected chi connectivity index (χ1v) is 15.2. The van der Waals surface area contributed by atoms with E-state index in [0.29, 0.717) is 30.8 Å². The number of amides is 2. The van der Waals surface area contributed by atoms with Gasteiger partial charge >= 0.3 is 0 Å². The van der Waals surface area contributed by atoms with Crippen molar-refractivity contribution in [3.63, 3.8) is 0 Å². The summed E-state index contributed by atoms with van der Waals surface area (Å²) in [7, 11) is -2.11. The van der Waals surface area contributed by atoms with E-state index in [1.54, 1.807) is 29.2 Å². The maximum atomic E-state index is 13.6. The second-order valence-corrected chi connectivity index (χ2v) is 11.9. The van der Waals surface area contributed by atoms with Crippen molar-refractivity contribution in [2.45, 2.75) is 77.4 Å². The fourth-order valence-corrected chi connectivity index (χ4v) is 6.08. The van der Waals surface area contributed by atoms with Gasteiger partial charge in [0.05, 0.1) is 19.1 Å². The smallest absolute Gasteiger partial charge is 0.243 e. The molecule has 2 aromatic rings. The molecule has 9 heteroatoms. The van der Waals surface area contributed by atoms with Crippen LogP contribution < -0.4 is 14.4 Å². The Labute approximate surface area is 227 Å². The van der Waals surface area contributed by atoms with Gasteiger partial charge in [-0.05, 0) is 50.3 Å². The first-order chi connectivity index (χ1) is 18.1. The third-order valence-corrected chi connectivity index (χ3v) is 8.21. The van der Waals surface area contributed by atoms with Gasteiger partial charge in [0.25, 0.3) is 0 Å². The first kappa shape index (κ1) is 29.5. The molecule has 0 bridgehead atoms. The second kappa shape index (κ2) is 13.6. The molecule has 1 N–H and O–H groups in total. The van der Waals surface area contributed by atoms with Gasteiger partial charge in [0.2, 0.25) is 21.8 Å². The van der Waals surface area contributed by atoms with Crippen LogP contribution in [0.15, 0.2) is 48.5 Å². The summed E-state index contributed by atoms with van der Waals surface area (Å²) in [5.41, 5.74) is 2.47. The van der Waals surface area contributed by atoms with E-state index in [1.165, 1.54) is 11.4 Å². The Morgan fingerprint density at radius 3 is 2.45 bits per heavy atom. The standard InChI is InChI=1S/C29H41N3O5S/c1-5-25(29(34)30-24-14-6-7-15-24)31(21-23-13-10-12-22(2)20-23)28(33)18-11-19-32(38(4,35)36)26-16-8-9-17-27(26)37-3/h8-10,12-13,16-17,20,24-25H,5-7,11,14-15,18-19,21H2,1-4H3,(H,30,34)/t25-/m0/s1. The molecule has 0 spiro atoms. The highest BCUT2D eigenvalue weighted by Crippen LogP contribution is 2.30. The highest BCUT2D eigenvalue weighted by Gasteiger charge is 2.31. The number of rotatable bonds is 13. The van der Waals surface area contributed by atoms with E-state index in [1.807, 2.05) is 38.1 Å². The predicted octanol–water partition coefficient (Wildman–Crippen LogP) is 4.42. The van der Waals surface area contributed by atoms with E-state index in [0.717, 1.165) is 43.1 Å². The number of nitrogens with zero attached hydrogens (tertiary/aromatic N) is 2. The summed E-state index contributed by atoms with van der Waals surface area (Å²) in [6, 6.07) is 14.4. The Morgan fingerprint density at radius 2 is 1.82 bits per heavy atom. The van der Waals surface area contributed by atoms with Crippen molar-refractivity contribution in [2.24, 2.45) is 0 Å². The number of para-hydroxylation sites is 2. The molecule has 0 aromatic heterocycles. The number of hydrogen-bond acceptors (Lipinski definition) is 5. The summed E-state index contributed by atoms with van der Waals surface area (Å²) < 4.78 is 31.9. The number of benzene rings is 2. The zero-order valence-electron chi connectivity index (χ0n) is 23.0. The van der Waals surface area contributed by atoms with Crippen LogP contribution >= 0.6 is 0 Å². The van der Waals surface area contributed by atoms with Crippen LogP contribution in [0.5, 0.6) is 5.75 Å². The number of nitrogens with one attached hydrogen (secondary N) is 1. The average Bonchev–Trinajstić information content (AvgIpc) is 3.38. The van der Waals surface area contributed by atoms with Gasteiger partial charge in [-0.1, -0.05) is 61.7 Å². The molecule has 2 aromatic carbocycles. The van der Waals surface area contributed by atoms with E-state index >= 15 is 0 Å². The molecule has 208 valence electrons. The summed E-state index contributed by atoms with van der Waals surface area (Å²) >= 11 is 0. The van der Waals surface area contributed by atoms with Gasteiger partial charge in [0, 0.05) is 25.6 Å². The van der Waals surface area contributed by atoms with Crippen LogP contribution in [0.3, 0.4) is 0 Å².